The van der Waals surface area contributed by atoms with Crippen LogP contribution in [0.4, 0.5) is 0 Å². The van der Waals surface area contributed by atoms with Crippen molar-refractivity contribution in [3.63, 3.8) is 0 Å². The van der Waals surface area contributed by atoms with E-state index in [1.807, 2.05) is 17.1 Å². The number of ketones is 1. The van der Waals surface area contributed by atoms with Gasteiger partial charge in [-0.2, -0.15) is 11.8 Å². The molecule has 1 aliphatic rings. The number of nitrogens with zero attached hydrogens (tertiary/aromatic N) is 1. The molecule has 0 aromatic carbocycles. The fraction of sp³-hybridized carbons (Fsp3) is 0.600. The zero-order valence-corrected chi connectivity index (χ0v) is 9.79. The summed E-state index contributed by atoms with van der Waals surface area (Å²) in [5.74, 6) is 1.31. The number of thiazole rings is 1. The second-order valence-electron chi connectivity index (χ2n) is 3.48. The third-order valence-electron chi connectivity index (χ3n) is 2.34. The molecule has 1 aliphatic heterocycles. The highest BCUT2D eigenvalue weighted by Gasteiger charge is 2.19. The molecule has 4 heteroatoms. The van der Waals surface area contributed by atoms with E-state index in [1.54, 1.807) is 18.3 Å². The van der Waals surface area contributed by atoms with Gasteiger partial charge in [0.25, 0.3) is 0 Å². The highest BCUT2D eigenvalue weighted by atomic mass is 32.2. The van der Waals surface area contributed by atoms with E-state index in [-0.39, 0.29) is 5.78 Å². The van der Waals surface area contributed by atoms with Crippen molar-refractivity contribution >= 4 is 28.9 Å². The Morgan fingerprint density at radius 3 is 3.00 bits per heavy atom. The molecule has 0 amide bonds. The van der Waals surface area contributed by atoms with E-state index in [4.69, 9.17) is 0 Å². The van der Waals surface area contributed by atoms with Gasteiger partial charge in [-0.25, -0.2) is 4.98 Å². The van der Waals surface area contributed by atoms with Crippen molar-refractivity contribution < 1.29 is 4.79 Å². The van der Waals surface area contributed by atoms with Gasteiger partial charge < -0.3 is 0 Å². The molecular weight excluding hydrogens is 214 g/mol. The second-order valence-corrected chi connectivity index (χ2v) is 5.68. The third-order valence-corrected chi connectivity index (χ3v) is 4.83. The first-order chi connectivity index (χ1) is 6.77. The van der Waals surface area contributed by atoms with Crippen LogP contribution in [0.25, 0.3) is 0 Å². The summed E-state index contributed by atoms with van der Waals surface area (Å²) in [5, 5.41) is 3.56. The molecule has 76 valence electrons. The van der Waals surface area contributed by atoms with Gasteiger partial charge >= 0.3 is 0 Å². The Balaban J connectivity index is 2.11. The monoisotopic (exact) mass is 227 g/mol. The molecule has 0 saturated carbocycles. The summed E-state index contributed by atoms with van der Waals surface area (Å²) in [5.41, 5.74) is 0.635. The Kier molecular flexibility index (Phi) is 3.23. The molecule has 0 aliphatic carbocycles. The molecule has 2 rings (SSSR count). The van der Waals surface area contributed by atoms with E-state index in [0.29, 0.717) is 10.9 Å². The Hall–Kier alpha value is -0.350. The van der Waals surface area contributed by atoms with Gasteiger partial charge in [-0.3, -0.25) is 4.79 Å². The van der Waals surface area contributed by atoms with Crippen molar-refractivity contribution in [2.75, 3.05) is 5.75 Å². The number of hydrogen-bond acceptors (Lipinski definition) is 4. The Morgan fingerprint density at radius 2 is 2.43 bits per heavy atom. The quantitative estimate of drug-likeness (QED) is 0.726. The van der Waals surface area contributed by atoms with Crippen LogP contribution < -0.4 is 0 Å². The molecule has 0 spiro atoms. The van der Waals surface area contributed by atoms with Crippen molar-refractivity contribution in [2.24, 2.45) is 0 Å². The van der Waals surface area contributed by atoms with E-state index in [2.05, 4.69) is 4.98 Å². The van der Waals surface area contributed by atoms with Crippen LogP contribution in [0, 0.1) is 0 Å². The summed E-state index contributed by atoms with van der Waals surface area (Å²) in [6, 6.07) is 0. The summed E-state index contributed by atoms with van der Waals surface area (Å²) in [4.78, 5) is 15.5. The van der Waals surface area contributed by atoms with Gasteiger partial charge in [0.2, 0.25) is 0 Å². The van der Waals surface area contributed by atoms with Gasteiger partial charge in [0, 0.05) is 12.3 Å². The number of aromatic nitrogens is 1. The lowest BCUT2D eigenvalue weighted by Gasteiger charge is -2.18. The summed E-state index contributed by atoms with van der Waals surface area (Å²) in [6.07, 6.45) is 3.84. The molecule has 1 aromatic heterocycles. The van der Waals surface area contributed by atoms with E-state index in [9.17, 15) is 4.79 Å². The lowest BCUT2D eigenvalue weighted by atomic mass is 10.2. The van der Waals surface area contributed by atoms with Crippen LogP contribution in [0.1, 0.15) is 46.9 Å². The Morgan fingerprint density at radius 1 is 1.57 bits per heavy atom. The standard InChI is InChI=1S/C10H13NOS2/c1-7(12)8-6-14-10(11-8)9-4-2-3-5-13-9/h6,9H,2-5H2,1H3. The van der Waals surface area contributed by atoms with Gasteiger partial charge in [0.1, 0.15) is 10.7 Å². The number of hydrogen-bond donors (Lipinski definition) is 0. The largest absolute Gasteiger partial charge is 0.293 e. The molecule has 1 saturated heterocycles. The van der Waals surface area contributed by atoms with Crippen molar-refractivity contribution in [3.05, 3.63) is 16.1 Å². The lowest BCUT2D eigenvalue weighted by molar-refractivity contribution is 0.101. The Bertz CT molecular complexity index is 329. The van der Waals surface area contributed by atoms with E-state index >= 15 is 0 Å². The first-order valence-corrected chi connectivity index (χ1v) is 6.78. The molecule has 1 unspecified atom stereocenters. The van der Waals surface area contributed by atoms with Crippen molar-refractivity contribution in [1.82, 2.24) is 4.98 Å². The average Bonchev–Trinajstić information content (AvgIpc) is 2.68. The molecule has 0 bridgehead atoms. The van der Waals surface area contributed by atoms with Gasteiger partial charge in [-0.1, -0.05) is 6.42 Å². The molecule has 0 radical (unpaired) electrons. The van der Waals surface area contributed by atoms with Gasteiger partial charge in [0.05, 0.1) is 5.25 Å². The SMILES string of the molecule is CC(=O)c1csc(C2CCCCS2)n1. The smallest absolute Gasteiger partial charge is 0.178 e. The third kappa shape index (κ3) is 2.17. The molecule has 14 heavy (non-hydrogen) atoms. The number of thioether (sulfide) groups is 1. The minimum Gasteiger partial charge on any atom is -0.293 e. The maximum Gasteiger partial charge on any atom is 0.178 e. The van der Waals surface area contributed by atoms with Crippen molar-refractivity contribution in [2.45, 2.75) is 31.4 Å². The maximum atomic E-state index is 11.1. The van der Waals surface area contributed by atoms with Gasteiger partial charge in [-0.15, -0.1) is 11.3 Å². The van der Waals surface area contributed by atoms with Crippen molar-refractivity contribution in [3.8, 4) is 0 Å². The molecular formula is C10H13NOS2. The first-order valence-electron chi connectivity index (χ1n) is 4.85. The molecule has 1 atom stereocenters. The van der Waals surface area contributed by atoms with E-state index in [0.717, 1.165) is 5.01 Å². The maximum absolute atomic E-state index is 11.1. The van der Waals surface area contributed by atoms with Crippen LogP contribution in [-0.4, -0.2) is 16.5 Å². The number of carbonyl (C=O) groups is 1. The Labute approximate surface area is 92.1 Å². The molecule has 1 aromatic rings. The van der Waals surface area contributed by atoms with Crippen LogP contribution in [-0.2, 0) is 0 Å². The minimum absolute atomic E-state index is 0.0771. The van der Waals surface area contributed by atoms with Crippen LogP contribution >= 0.6 is 23.1 Å². The van der Waals surface area contributed by atoms with Crippen LogP contribution in [0.3, 0.4) is 0 Å². The van der Waals surface area contributed by atoms with Gasteiger partial charge in [-0.05, 0) is 18.6 Å². The molecule has 1 fully saturated rings. The van der Waals surface area contributed by atoms with E-state index < -0.39 is 0 Å². The van der Waals surface area contributed by atoms with Crippen LogP contribution in [0.2, 0.25) is 0 Å². The lowest BCUT2D eigenvalue weighted by Crippen LogP contribution is -2.02. The molecule has 2 nitrogen and oxygen atoms in total. The van der Waals surface area contributed by atoms with E-state index in [1.165, 1.54) is 25.0 Å². The molecule has 2 heterocycles. The highest BCUT2D eigenvalue weighted by molar-refractivity contribution is 7.99. The molecule has 0 N–H and O–H groups in total. The highest BCUT2D eigenvalue weighted by Crippen LogP contribution is 2.39. The summed E-state index contributed by atoms with van der Waals surface area (Å²) in [7, 11) is 0. The summed E-state index contributed by atoms with van der Waals surface area (Å²) < 4.78 is 0. The zero-order chi connectivity index (χ0) is 9.97. The first kappa shape index (κ1) is 10.2. The topological polar surface area (TPSA) is 30.0 Å². The number of carbonyl (C=O) groups excluding carboxylic acids is 1. The van der Waals surface area contributed by atoms with Crippen LogP contribution in [0.5, 0.6) is 0 Å². The predicted molar refractivity (Wildman–Crippen MR) is 61.2 cm³/mol. The fourth-order valence-corrected chi connectivity index (χ4v) is 3.96. The second kappa shape index (κ2) is 4.45. The van der Waals surface area contributed by atoms with Crippen molar-refractivity contribution in [1.29, 1.82) is 0 Å². The normalized spacial score (nSPS) is 22.2. The zero-order valence-electron chi connectivity index (χ0n) is 8.16. The summed E-state index contributed by atoms with van der Waals surface area (Å²) >= 11 is 3.61. The van der Waals surface area contributed by atoms with Crippen LogP contribution in [0.15, 0.2) is 5.38 Å². The summed E-state index contributed by atoms with van der Waals surface area (Å²) in [6.45, 7) is 1.58. The average molecular weight is 227 g/mol. The fourth-order valence-electron chi connectivity index (χ4n) is 1.53. The number of Topliss-reactive ketones (excluding diaryl/α,β-unsaturated/α-hetero) is 1. The van der Waals surface area contributed by atoms with Gasteiger partial charge in [0.15, 0.2) is 5.78 Å². The minimum atomic E-state index is 0.0771. The number of rotatable bonds is 2. The predicted octanol–water partition coefficient (Wildman–Crippen LogP) is 3.30.